The Morgan fingerprint density at radius 3 is 2.23 bits per heavy atom. The molecule has 6 nitrogen and oxygen atoms in total. The van der Waals surface area contributed by atoms with E-state index in [1.165, 1.54) is 0 Å². The van der Waals surface area contributed by atoms with Gasteiger partial charge in [-0.2, -0.15) is 0 Å². The van der Waals surface area contributed by atoms with E-state index in [9.17, 15) is 5.11 Å². The second kappa shape index (κ2) is 8.15. The molecule has 0 radical (unpaired) electrons. The summed E-state index contributed by atoms with van der Waals surface area (Å²) in [6.07, 6.45) is 5.40. The van der Waals surface area contributed by atoms with Gasteiger partial charge < -0.3 is 20.6 Å². The standard InChI is InChI=1S/C25H37N5O/c1-23(2)16-20(17-24(3,4)29-23)27-22-26-13-10-21(28-22)18-6-8-19(9-7-18)25(31)11-14-30(5)15-12-25/h6-10,13,20,29,31H,11-12,14-17H2,1-5H3,(H,26,27,28). The van der Waals surface area contributed by atoms with Crippen LogP contribution in [0.5, 0.6) is 0 Å². The van der Waals surface area contributed by atoms with E-state index >= 15 is 0 Å². The number of piperidine rings is 2. The van der Waals surface area contributed by atoms with Crippen molar-refractivity contribution in [2.75, 3.05) is 25.5 Å². The van der Waals surface area contributed by atoms with Crippen molar-refractivity contribution in [1.29, 1.82) is 0 Å². The number of anilines is 1. The minimum absolute atomic E-state index is 0.0705. The van der Waals surface area contributed by atoms with Gasteiger partial charge in [-0.1, -0.05) is 24.3 Å². The maximum atomic E-state index is 11.1. The van der Waals surface area contributed by atoms with Crippen LogP contribution in [-0.4, -0.2) is 57.2 Å². The van der Waals surface area contributed by atoms with Crippen LogP contribution in [0.2, 0.25) is 0 Å². The number of aromatic nitrogens is 2. The summed E-state index contributed by atoms with van der Waals surface area (Å²) in [6, 6.07) is 10.5. The SMILES string of the molecule is CN1CCC(O)(c2ccc(-c3ccnc(NC4CC(C)(C)NC(C)(C)C4)n3)cc2)CC1. The Kier molecular flexibility index (Phi) is 5.83. The lowest BCUT2D eigenvalue weighted by molar-refractivity contribution is -0.0203. The van der Waals surface area contributed by atoms with Gasteiger partial charge in [0.15, 0.2) is 0 Å². The summed E-state index contributed by atoms with van der Waals surface area (Å²) in [5.74, 6) is 0.675. The van der Waals surface area contributed by atoms with Gasteiger partial charge in [-0.05, 0) is 72.1 Å². The fourth-order valence-corrected chi connectivity index (χ4v) is 5.42. The Morgan fingerprint density at radius 2 is 1.61 bits per heavy atom. The normalized spacial score (nSPS) is 23.4. The number of hydrogen-bond donors (Lipinski definition) is 3. The molecule has 2 aliphatic heterocycles. The average molecular weight is 424 g/mol. The molecule has 6 heteroatoms. The number of nitrogens with zero attached hydrogens (tertiary/aromatic N) is 3. The van der Waals surface area contributed by atoms with Gasteiger partial charge in [0.2, 0.25) is 5.95 Å². The number of benzene rings is 1. The second-order valence-corrected chi connectivity index (χ2v) is 10.8. The van der Waals surface area contributed by atoms with Crippen LogP contribution in [0, 0.1) is 0 Å². The number of likely N-dealkylation sites (tertiary alicyclic amines) is 1. The molecule has 2 aliphatic rings. The molecular weight excluding hydrogens is 386 g/mol. The van der Waals surface area contributed by atoms with E-state index in [1.807, 2.05) is 24.4 Å². The molecule has 0 unspecified atom stereocenters. The van der Waals surface area contributed by atoms with Crippen LogP contribution >= 0.6 is 0 Å². The molecule has 4 rings (SSSR count). The first-order chi connectivity index (χ1) is 14.5. The highest BCUT2D eigenvalue weighted by atomic mass is 16.3. The van der Waals surface area contributed by atoms with Gasteiger partial charge in [0, 0.05) is 42.0 Å². The molecule has 2 aromatic rings. The van der Waals surface area contributed by atoms with E-state index in [1.54, 1.807) is 0 Å². The number of hydrogen-bond acceptors (Lipinski definition) is 6. The second-order valence-electron chi connectivity index (χ2n) is 10.8. The molecule has 0 bridgehead atoms. The van der Waals surface area contributed by atoms with Crippen molar-refractivity contribution in [3.8, 4) is 11.3 Å². The Hall–Kier alpha value is -2.02. The van der Waals surface area contributed by atoms with E-state index < -0.39 is 5.60 Å². The van der Waals surface area contributed by atoms with Crippen molar-refractivity contribution in [1.82, 2.24) is 20.2 Å². The van der Waals surface area contributed by atoms with Crippen LogP contribution < -0.4 is 10.6 Å². The zero-order chi connectivity index (χ0) is 22.3. The van der Waals surface area contributed by atoms with Gasteiger partial charge in [-0.25, -0.2) is 9.97 Å². The van der Waals surface area contributed by atoms with Crippen LogP contribution in [0.15, 0.2) is 36.5 Å². The molecule has 3 N–H and O–H groups in total. The first kappa shape index (κ1) is 22.2. The molecule has 0 spiro atoms. The molecule has 2 saturated heterocycles. The van der Waals surface area contributed by atoms with E-state index in [2.05, 4.69) is 67.4 Å². The molecule has 168 valence electrons. The molecule has 0 aliphatic carbocycles. The lowest BCUT2D eigenvalue weighted by atomic mass is 9.80. The smallest absolute Gasteiger partial charge is 0.223 e. The largest absolute Gasteiger partial charge is 0.385 e. The van der Waals surface area contributed by atoms with Crippen molar-refractivity contribution < 1.29 is 5.11 Å². The summed E-state index contributed by atoms with van der Waals surface area (Å²) < 4.78 is 0. The average Bonchev–Trinajstić information content (AvgIpc) is 2.68. The molecule has 1 aromatic heterocycles. The summed E-state index contributed by atoms with van der Waals surface area (Å²) in [6.45, 7) is 10.8. The minimum Gasteiger partial charge on any atom is -0.385 e. The van der Waals surface area contributed by atoms with Crippen LogP contribution in [-0.2, 0) is 5.60 Å². The third-order valence-corrected chi connectivity index (χ3v) is 6.71. The van der Waals surface area contributed by atoms with Crippen LogP contribution in [0.4, 0.5) is 5.95 Å². The third-order valence-electron chi connectivity index (χ3n) is 6.71. The number of rotatable bonds is 4. The van der Waals surface area contributed by atoms with Gasteiger partial charge in [-0.3, -0.25) is 0 Å². The quantitative estimate of drug-likeness (QED) is 0.695. The lowest BCUT2D eigenvalue weighted by Gasteiger charge is -2.46. The van der Waals surface area contributed by atoms with E-state index in [4.69, 9.17) is 4.98 Å². The zero-order valence-electron chi connectivity index (χ0n) is 19.6. The maximum absolute atomic E-state index is 11.1. The Bertz CT molecular complexity index is 884. The van der Waals surface area contributed by atoms with E-state index in [-0.39, 0.29) is 11.1 Å². The molecule has 0 atom stereocenters. The van der Waals surface area contributed by atoms with Gasteiger partial charge >= 0.3 is 0 Å². The molecule has 3 heterocycles. The highest BCUT2D eigenvalue weighted by Crippen LogP contribution is 2.34. The Labute approximate surface area is 186 Å². The Morgan fingerprint density at radius 1 is 1.00 bits per heavy atom. The first-order valence-corrected chi connectivity index (χ1v) is 11.4. The van der Waals surface area contributed by atoms with Gasteiger partial charge in [0.25, 0.3) is 0 Å². The highest BCUT2D eigenvalue weighted by Gasteiger charge is 2.38. The molecule has 0 saturated carbocycles. The molecular formula is C25H37N5O. The van der Waals surface area contributed by atoms with Crippen LogP contribution in [0.1, 0.15) is 58.9 Å². The highest BCUT2D eigenvalue weighted by molar-refractivity contribution is 5.60. The van der Waals surface area contributed by atoms with Gasteiger partial charge in [0.05, 0.1) is 11.3 Å². The summed E-state index contributed by atoms with van der Waals surface area (Å²) in [5, 5.41) is 18.4. The van der Waals surface area contributed by atoms with Crippen LogP contribution in [0.25, 0.3) is 11.3 Å². The summed E-state index contributed by atoms with van der Waals surface area (Å²) >= 11 is 0. The Balaban J connectivity index is 1.48. The summed E-state index contributed by atoms with van der Waals surface area (Å²) in [7, 11) is 2.11. The molecule has 31 heavy (non-hydrogen) atoms. The molecule has 2 fully saturated rings. The number of aliphatic hydroxyl groups is 1. The van der Waals surface area contributed by atoms with E-state index in [0.29, 0.717) is 12.0 Å². The monoisotopic (exact) mass is 423 g/mol. The van der Waals surface area contributed by atoms with Gasteiger partial charge in [0.1, 0.15) is 0 Å². The fraction of sp³-hybridized carbons (Fsp3) is 0.600. The maximum Gasteiger partial charge on any atom is 0.223 e. The van der Waals surface area contributed by atoms with E-state index in [0.717, 1.165) is 55.6 Å². The zero-order valence-corrected chi connectivity index (χ0v) is 19.6. The first-order valence-electron chi connectivity index (χ1n) is 11.4. The van der Waals surface area contributed by atoms with Crippen molar-refractivity contribution in [2.24, 2.45) is 0 Å². The van der Waals surface area contributed by atoms with Gasteiger partial charge in [-0.15, -0.1) is 0 Å². The predicted octanol–water partition coefficient (Wildman–Crippen LogP) is 3.78. The topological polar surface area (TPSA) is 73.3 Å². The molecule has 0 amide bonds. The van der Waals surface area contributed by atoms with Crippen molar-refractivity contribution in [3.63, 3.8) is 0 Å². The molecule has 1 aromatic carbocycles. The van der Waals surface area contributed by atoms with Crippen molar-refractivity contribution in [3.05, 3.63) is 42.1 Å². The predicted molar refractivity (Wildman–Crippen MR) is 126 cm³/mol. The van der Waals surface area contributed by atoms with Crippen LogP contribution in [0.3, 0.4) is 0 Å². The van der Waals surface area contributed by atoms with Crippen molar-refractivity contribution in [2.45, 2.75) is 76.1 Å². The summed E-state index contributed by atoms with van der Waals surface area (Å²) in [5.41, 5.74) is 2.35. The minimum atomic E-state index is -0.724. The summed E-state index contributed by atoms with van der Waals surface area (Å²) in [4.78, 5) is 11.5. The fourth-order valence-electron chi connectivity index (χ4n) is 5.42. The third kappa shape index (κ3) is 5.25. The lowest BCUT2D eigenvalue weighted by Crippen LogP contribution is -2.60. The number of nitrogens with one attached hydrogen (secondary N) is 2. The van der Waals surface area contributed by atoms with Crippen molar-refractivity contribution >= 4 is 5.95 Å².